The lowest BCUT2D eigenvalue weighted by Gasteiger charge is -2.07. The van der Waals surface area contributed by atoms with Crippen LogP contribution in [0.2, 0.25) is 0 Å². The van der Waals surface area contributed by atoms with Crippen LogP contribution in [0.1, 0.15) is 18.4 Å². The van der Waals surface area contributed by atoms with Gasteiger partial charge in [-0.25, -0.2) is 13.2 Å². The summed E-state index contributed by atoms with van der Waals surface area (Å²) < 4.78 is 22.7. The van der Waals surface area contributed by atoms with Crippen LogP contribution in [0.25, 0.3) is 5.70 Å². The number of urea groups is 1. The number of hydrogen-bond acceptors (Lipinski definition) is 3. The fourth-order valence-electron chi connectivity index (χ4n) is 2.00. The Labute approximate surface area is 111 Å². The van der Waals surface area contributed by atoms with Gasteiger partial charge in [0.1, 0.15) is 0 Å². The quantitative estimate of drug-likeness (QED) is 0.842. The minimum absolute atomic E-state index is 0.232. The van der Waals surface area contributed by atoms with Gasteiger partial charge in [-0.3, -0.25) is 4.90 Å². The van der Waals surface area contributed by atoms with E-state index in [1.807, 2.05) is 0 Å². The Morgan fingerprint density at radius 1 is 1.21 bits per heavy atom. The molecule has 1 fully saturated rings. The van der Waals surface area contributed by atoms with Gasteiger partial charge in [-0.1, -0.05) is 12.1 Å². The van der Waals surface area contributed by atoms with E-state index in [0.29, 0.717) is 11.7 Å². The van der Waals surface area contributed by atoms with Crippen molar-refractivity contribution in [3.8, 4) is 0 Å². The molecule has 1 aliphatic heterocycles. The van der Waals surface area contributed by atoms with Crippen molar-refractivity contribution in [2.75, 3.05) is 6.26 Å². The Morgan fingerprint density at radius 2 is 1.84 bits per heavy atom. The zero-order chi connectivity index (χ0) is 13.6. The van der Waals surface area contributed by atoms with Crippen LogP contribution < -0.4 is 5.32 Å². The molecule has 3 rings (SSSR count). The largest absolute Gasteiger partial charge is 0.348 e. The SMILES string of the molecule is CS(=O)(=O)c1ccc(C2=CN(C3CC3)C(=O)[N]2)cc1. The smallest absolute Gasteiger partial charge is 0.294 e. The second kappa shape index (κ2) is 4.09. The fraction of sp³-hybridized carbons (Fsp3) is 0.308. The van der Waals surface area contributed by atoms with E-state index in [-0.39, 0.29) is 10.9 Å². The zero-order valence-corrected chi connectivity index (χ0v) is 11.2. The first-order valence-electron chi connectivity index (χ1n) is 6.01. The Balaban J connectivity index is 1.87. The van der Waals surface area contributed by atoms with Gasteiger partial charge in [-0.05, 0) is 25.0 Å². The molecule has 0 aromatic heterocycles. The van der Waals surface area contributed by atoms with Gasteiger partial charge in [0.25, 0.3) is 0 Å². The molecule has 1 heterocycles. The maximum atomic E-state index is 11.7. The van der Waals surface area contributed by atoms with Crippen LogP contribution in [-0.4, -0.2) is 31.6 Å². The molecule has 2 aliphatic rings. The second-order valence-electron chi connectivity index (χ2n) is 4.84. The fourth-order valence-corrected chi connectivity index (χ4v) is 2.63. The van der Waals surface area contributed by atoms with Gasteiger partial charge >= 0.3 is 6.03 Å². The maximum Gasteiger partial charge on any atom is 0.348 e. The molecule has 2 amide bonds. The molecule has 6 heteroatoms. The summed E-state index contributed by atoms with van der Waals surface area (Å²) in [4.78, 5) is 13.6. The van der Waals surface area contributed by atoms with Gasteiger partial charge < -0.3 is 0 Å². The Morgan fingerprint density at radius 3 is 2.37 bits per heavy atom. The summed E-state index contributed by atoms with van der Waals surface area (Å²) in [7, 11) is -3.20. The molecule has 1 aromatic carbocycles. The molecule has 1 radical (unpaired) electrons. The molecule has 1 saturated carbocycles. The minimum atomic E-state index is -3.20. The molecule has 0 saturated heterocycles. The molecule has 1 aliphatic carbocycles. The number of hydrogen-bond donors (Lipinski definition) is 0. The lowest BCUT2D eigenvalue weighted by atomic mass is 10.2. The van der Waals surface area contributed by atoms with Gasteiger partial charge in [0.2, 0.25) is 0 Å². The average Bonchev–Trinajstić information content (AvgIpc) is 3.12. The number of amides is 2. The highest BCUT2D eigenvalue weighted by Gasteiger charge is 2.36. The van der Waals surface area contributed by atoms with Crippen molar-refractivity contribution in [2.24, 2.45) is 0 Å². The first-order valence-corrected chi connectivity index (χ1v) is 7.90. The predicted molar refractivity (Wildman–Crippen MR) is 69.9 cm³/mol. The third kappa shape index (κ3) is 2.35. The van der Waals surface area contributed by atoms with Crippen LogP contribution in [0.4, 0.5) is 4.79 Å². The van der Waals surface area contributed by atoms with Crippen LogP contribution in [0.3, 0.4) is 0 Å². The van der Waals surface area contributed by atoms with E-state index in [9.17, 15) is 13.2 Å². The van der Waals surface area contributed by atoms with E-state index < -0.39 is 9.84 Å². The van der Waals surface area contributed by atoms with Gasteiger partial charge in [0.15, 0.2) is 9.84 Å². The molecule has 0 spiro atoms. The molecule has 99 valence electrons. The molecular weight excluding hydrogens is 264 g/mol. The first-order chi connectivity index (χ1) is 8.95. The van der Waals surface area contributed by atoms with E-state index in [0.717, 1.165) is 18.4 Å². The van der Waals surface area contributed by atoms with Crippen LogP contribution in [0.15, 0.2) is 35.4 Å². The zero-order valence-electron chi connectivity index (χ0n) is 10.4. The summed E-state index contributed by atoms with van der Waals surface area (Å²) in [6.45, 7) is 0. The van der Waals surface area contributed by atoms with Crippen molar-refractivity contribution < 1.29 is 13.2 Å². The average molecular weight is 277 g/mol. The normalized spacial score (nSPS) is 19.3. The van der Waals surface area contributed by atoms with Crippen LogP contribution in [0.5, 0.6) is 0 Å². The highest BCUT2D eigenvalue weighted by molar-refractivity contribution is 7.90. The van der Waals surface area contributed by atoms with Gasteiger partial charge in [0, 0.05) is 24.1 Å². The molecular formula is C13H13N2O3S. The van der Waals surface area contributed by atoms with E-state index in [2.05, 4.69) is 5.32 Å². The number of rotatable bonds is 3. The third-order valence-electron chi connectivity index (χ3n) is 3.22. The molecule has 0 N–H and O–H groups in total. The Kier molecular flexibility index (Phi) is 2.63. The van der Waals surface area contributed by atoms with Crippen LogP contribution in [0, 0.1) is 0 Å². The van der Waals surface area contributed by atoms with Crippen molar-refractivity contribution in [2.45, 2.75) is 23.8 Å². The molecule has 19 heavy (non-hydrogen) atoms. The molecule has 0 bridgehead atoms. The van der Waals surface area contributed by atoms with Gasteiger partial charge in [-0.2, -0.15) is 5.32 Å². The van der Waals surface area contributed by atoms with E-state index >= 15 is 0 Å². The standard InChI is InChI=1S/C13H13N2O3S/c1-19(17,18)11-6-2-9(3-7-11)12-8-15(10-4-5-10)13(16)14-12/h2-3,6-8,10H,4-5H2,1H3. The highest BCUT2D eigenvalue weighted by Crippen LogP contribution is 2.32. The minimum Gasteiger partial charge on any atom is -0.294 e. The molecule has 5 nitrogen and oxygen atoms in total. The van der Waals surface area contributed by atoms with Crippen molar-refractivity contribution in [3.63, 3.8) is 0 Å². The van der Waals surface area contributed by atoms with Crippen LogP contribution in [-0.2, 0) is 9.84 Å². The predicted octanol–water partition coefficient (Wildman–Crippen LogP) is 1.59. The van der Waals surface area contributed by atoms with E-state index in [1.165, 1.54) is 18.4 Å². The monoisotopic (exact) mass is 277 g/mol. The molecule has 0 atom stereocenters. The van der Waals surface area contributed by atoms with E-state index in [4.69, 9.17) is 0 Å². The summed E-state index contributed by atoms with van der Waals surface area (Å²) in [5, 5.41) is 3.99. The number of carbonyl (C=O) groups is 1. The van der Waals surface area contributed by atoms with Gasteiger partial charge in [0.05, 0.1) is 10.6 Å². The lowest BCUT2D eigenvalue weighted by Crippen LogP contribution is -2.26. The van der Waals surface area contributed by atoms with Crippen molar-refractivity contribution in [1.82, 2.24) is 10.2 Å². The first kappa shape index (κ1) is 12.2. The van der Waals surface area contributed by atoms with E-state index in [1.54, 1.807) is 23.2 Å². The summed E-state index contributed by atoms with van der Waals surface area (Å²) in [5.74, 6) is 0. The number of nitrogens with zero attached hydrogens (tertiary/aromatic N) is 2. The second-order valence-corrected chi connectivity index (χ2v) is 6.86. The topological polar surface area (TPSA) is 68.6 Å². The Bertz CT molecular complexity index is 658. The van der Waals surface area contributed by atoms with Crippen molar-refractivity contribution in [3.05, 3.63) is 36.0 Å². The van der Waals surface area contributed by atoms with Crippen LogP contribution >= 0.6 is 0 Å². The lowest BCUT2D eigenvalue weighted by molar-refractivity contribution is 0.221. The van der Waals surface area contributed by atoms with Crippen molar-refractivity contribution in [1.29, 1.82) is 0 Å². The van der Waals surface area contributed by atoms with Crippen molar-refractivity contribution >= 4 is 21.6 Å². The number of carbonyl (C=O) groups excluding carboxylic acids is 1. The third-order valence-corrected chi connectivity index (χ3v) is 4.35. The molecule has 0 unspecified atom stereocenters. The highest BCUT2D eigenvalue weighted by atomic mass is 32.2. The number of benzene rings is 1. The molecule has 1 aromatic rings. The maximum absolute atomic E-state index is 11.7. The van der Waals surface area contributed by atoms with Gasteiger partial charge in [-0.15, -0.1) is 0 Å². The summed E-state index contributed by atoms with van der Waals surface area (Å²) in [6, 6.07) is 6.48. The summed E-state index contributed by atoms with van der Waals surface area (Å²) in [6.07, 6.45) is 4.96. The summed E-state index contributed by atoms with van der Waals surface area (Å²) >= 11 is 0. The summed E-state index contributed by atoms with van der Waals surface area (Å²) in [5.41, 5.74) is 1.35. The Hall–Kier alpha value is -1.82. The number of sulfone groups is 1.